The fraction of sp³-hybridized carbons (Fsp3) is 0.364. The number of hydrogen-bond donors (Lipinski definition) is 1. The predicted octanol–water partition coefficient (Wildman–Crippen LogP) is 4.44. The number of rotatable bonds is 10. The van der Waals surface area contributed by atoms with Gasteiger partial charge in [0, 0.05) is 55.1 Å². The number of ether oxygens (including phenoxy) is 2. The molecule has 3 aromatic carbocycles. The summed E-state index contributed by atoms with van der Waals surface area (Å²) in [6, 6.07) is 19.3. The maximum Gasteiger partial charge on any atom is 0.350 e. The van der Waals surface area contributed by atoms with Crippen LogP contribution in [0, 0.1) is 17.6 Å². The molecule has 0 amide bonds. The molecule has 0 bridgehead atoms. The molecule has 2 fully saturated rings. The summed E-state index contributed by atoms with van der Waals surface area (Å²) >= 11 is 0. The van der Waals surface area contributed by atoms with Crippen LogP contribution in [0.1, 0.15) is 25.3 Å². The minimum Gasteiger partial charge on any atom is -0.493 e. The van der Waals surface area contributed by atoms with E-state index in [1.165, 1.54) is 23.0 Å². The summed E-state index contributed by atoms with van der Waals surface area (Å²) in [4.78, 5) is 28.0. The molecule has 1 N–H and O–H groups in total. The number of aryl methyl sites for hydroxylation is 1. The van der Waals surface area contributed by atoms with Crippen molar-refractivity contribution >= 4 is 17.3 Å². The lowest BCUT2D eigenvalue weighted by Crippen LogP contribution is -2.46. The van der Waals surface area contributed by atoms with Gasteiger partial charge >= 0.3 is 11.7 Å². The third kappa shape index (κ3) is 6.70. The first-order valence-corrected chi connectivity index (χ1v) is 15.0. The van der Waals surface area contributed by atoms with E-state index < -0.39 is 23.2 Å². The van der Waals surface area contributed by atoms with Crippen LogP contribution in [0.15, 0.2) is 77.9 Å². The molecule has 10 nitrogen and oxygen atoms in total. The van der Waals surface area contributed by atoms with Gasteiger partial charge in [-0.15, -0.1) is 0 Å². The lowest BCUT2D eigenvalue weighted by atomic mass is 9.89. The number of carboxylic acid groups (broad SMARTS) is 1. The van der Waals surface area contributed by atoms with Crippen molar-refractivity contribution in [3.05, 3.63) is 101 Å². The van der Waals surface area contributed by atoms with Crippen LogP contribution in [-0.4, -0.2) is 64.8 Å². The Balaban J connectivity index is 0.982. The molecule has 1 aromatic heterocycles. The number of hydrogen-bond acceptors (Lipinski definition) is 7. The van der Waals surface area contributed by atoms with Crippen LogP contribution in [0.4, 0.5) is 20.2 Å². The van der Waals surface area contributed by atoms with Gasteiger partial charge in [0.05, 0.1) is 37.5 Å². The molecular formula is C33H35F2N5O5. The molecule has 2 atom stereocenters. The third-order valence-corrected chi connectivity index (χ3v) is 8.55. The average molecular weight is 620 g/mol. The number of benzene rings is 3. The molecule has 0 spiro atoms. The number of aliphatic carboxylic acids is 1. The topological polar surface area (TPSA) is 102 Å². The summed E-state index contributed by atoms with van der Waals surface area (Å²) in [6.45, 7) is 6.09. The van der Waals surface area contributed by atoms with Crippen LogP contribution in [-0.2, 0) is 21.7 Å². The van der Waals surface area contributed by atoms with Gasteiger partial charge in [-0.25, -0.2) is 22.8 Å². The van der Waals surface area contributed by atoms with Gasteiger partial charge < -0.3 is 24.4 Å². The minimum absolute atomic E-state index is 0.0258. The van der Waals surface area contributed by atoms with Crippen LogP contribution in [0.5, 0.6) is 5.75 Å². The monoisotopic (exact) mass is 619 g/mol. The fourth-order valence-corrected chi connectivity index (χ4v) is 6.07. The van der Waals surface area contributed by atoms with Crippen molar-refractivity contribution in [2.45, 2.75) is 31.9 Å². The molecule has 4 aromatic rings. The lowest BCUT2D eigenvalue weighted by Gasteiger charge is -2.37. The van der Waals surface area contributed by atoms with E-state index in [-0.39, 0.29) is 24.6 Å². The molecule has 2 saturated heterocycles. The van der Waals surface area contributed by atoms with Gasteiger partial charge in [-0.05, 0) is 67.9 Å². The highest BCUT2D eigenvalue weighted by molar-refractivity contribution is 5.66. The first-order chi connectivity index (χ1) is 21.7. The molecule has 2 aliphatic heterocycles. The van der Waals surface area contributed by atoms with E-state index in [2.05, 4.69) is 27.0 Å². The Labute approximate surface area is 259 Å². The first-order valence-electron chi connectivity index (χ1n) is 15.0. The molecule has 0 unspecified atom stereocenters. The molecule has 2 aliphatic rings. The number of carbonyl (C=O) groups is 1. The van der Waals surface area contributed by atoms with E-state index >= 15 is 0 Å². The van der Waals surface area contributed by atoms with E-state index in [1.54, 1.807) is 0 Å². The van der Waals surface area contributed by atoms with E-state index in [9.17, 15) is 18.4 Å². The van der Waals surface area contributed by atoms with Crippen LogP contribution < -0.4 is 20.2 Å². The minimum atomic E-state index is -0.980. The van der Waals surface area contributed by atoms with Crippen LogP contribution in [0.2, 0.25) is 0 Å². The normalized spacial score (nSPS) is 20.0. The van der Waals surface area contributed by atoms with Gasteiger partial charge in [-0.3, -0.25) is 4.79 Å². The molecule has 0 radical (unpaired) electrons. The Morgan fingerprint density at radius 1 is 0.978 bits per heavy atom. The predicted molar refractivity (Wildman–Crippen MR) is 164 cm³/mol. The number of carboxylic acids is 1. The fourth-order valence-electron chi connectivity index (χ4n) is 6.07. The van der Waals surface area contributed by atoms with Gasteiger partial charge in [-0.2, -0.15) is 5.10 Å². The van der Waals surface area contributed by atoms with E-state index in [0.717, 1.165) is 54.1 Å². The van der Waals surface area contributed by atoms with E-state index in [0.29, 0.717) is 30.9 Å². The first kappa shape index (κ1) is 30.3. The molecule has 6 rings (SSSR count). The summed E-state index contributed by atoms with van der Waals surface area (Å²) in [5.41, 5.74) is 2.02. The maximum absolute atomic E-state index is 14.4. The van der Waals surface area contributed by atoms with Gasteiger partial charge in [0.15, 0.2) is 0 Å². The van der Waals surface area contributed by atoms with E-state index in [4.69, 9.17) is 14.6 Å². The van der Waals surface area contributed by atoms with Gasteiger partial charge in [0.1, 0.15) is 23.7 Å². The van der Waals surface area contributed by atoms with Crippen LogP contribution >= 0.6 is 0 Å². The standard InChI is InChI=1S/C33H35F2N5O5/c1-33(29-11-2-24(34)18-30(29)35)19-23(21-45-33)20-44-28-9-7-26(8-10-28)38-16-14-37(15-17-38)25-3-5-27(6-4-25)39-22-36-40(32(39)43)13-12-31(41)42/h2-11,18,22-23H,12-17,19-21H2,1H3,(H,41,42)/t23-,33-/m1/s1. The second-order valence-electron chi connectivity index (χ2n) is 11.7. The highest BCUT2D eigenvalue weighted by Gasteiger charge is 2.40. The number of piperazine rings is 1. The Morgan fingerprint density at radius 2 is 1.60 bits per heavy atom. The second kappa shape index (κ2) is 12.7. The zero-order chi connectivity index (χ0) is 31.6. The van der Waals surface area contributed by atoms with Gasteiger partial charge in [-0.1, -0.05) is 6.07 Å². The van der Waals surface area contributed by atoms with Gasteiger partial charge in [0.25, 0.3) is 0 Å². The van der Waals surface area contributed by atoms with Crippen LogP contribution in [0.25, 0.3) is 5.69 Å². The number of aromatic nitrogens is 3. The number of halogens is 2. The molecule has 3 heterocycles. The summed E-state index contributed by atoms with van der Waals surface area (Å²) in [5.74, 6) is -1.34. The summed E-state index contributed by atoms with van der Waals surface area (Å²) in [5, 5.41) is 12.9. The van der Waals surface area contributed by atoms with Crippen molar-refractivity contribution in [1.82, 2.24) is 14.3 Å². The Hall–Kier alpha value is -4.71. The third-order valence-electron chi connectivity index (χ3n) is 8.55. The van der Waals surface area contributed by atoms with Crippen molar-refractivity contribution in [3.63, 3.8) is 0 Å². The van der Waals surface area contributed by atoms with Crippen LogP contribution in [0.3, 0.4) is 0 Å². The molecule has 0 aliphatic carbocycles. The van der Waals surface area contributed by atoms with Crippen molar-refractivity contribution in [2.24, 2.45) is 5.92 Å². The molecule has 236 valence electrons. The Morgan fingerprint density at radius 3 is 2.22 bits per heavy atom. The summed E-state index contributed by atoms with van der Waals surface area (Å²) < 4.78 is 42.3. The number of nitrogens with zero attached hydrogens (tertiary/aromatic N) is 5. The zero-order valence-corrected chi connectivity index (χ0v) is 24.9. The second-order valence-corrected chi connectivity index (χ2v) is 11.7. The SMILES string of the molecule is C[C@]1(c2ccc(F)cc2F)C[C@H](COc2ccc(N3CCN(c4ccc(-n5cnn(CCC(=O)O)c5=O)cc4)CC3)cc2)CO1. The smallest absolute Gasteiger partial charge is 0.350 e. The molecule has 45 heavy (non-hydrogen) atoms. The summed E-state index contributed by atoms with van der Waals surface area (Å²) in [6.07, 6.45) is 1.82. The Bertz CT molecular complexity index is 1700. The maximum atomic E-state index is 14.4. The number of anilines is 2. The largest absolute Gasteiger partial charge is 0.493 e. The average Bonchev–Trinajstić information content (AvgIpc) is 3.61. The Kier molecular flexibility index (Phi) is 8.57. The van der Waals surface area contributed by atoms with Crippen molar-refractivity contribution in [1.29, 1.82) is 0 Å². The molecule has 12 heteroatoms. The quantitative estimate of drug-likeness (QED) is 0.278. The highest BCUT2D eigenvalue weighted by atomic mass is 19.1. The van der Waals surface area contributed by atoms with E-state index in [1.807, 2.05) is 43.3 Å². The van der Waals surface area contributed by atoms with Crippen molar-refractivity contribution < 1.29 is 28.2 Å². The zero-order valence-electron chi connectivity index (χ0n) is 24.9. The molecule has 0 saturated carbocycles. The lowest BCUT2D eigenvalue weighted by molar-refractivity contribution is -0.137. The van der Waals surface area contributed by atoms with Crippen molar-refractivity contribution in [2.75, 3.05) is 49.2 Å². The summed E-state index contributed by atoms with van der Waals surface area (Å²) in [7, 11) is 0. The highest BCUT2D eigenvalue weighted by Crippen LogP contribution is 2.40. The van der Waals surface area contributed by atoms with Crippen molar-refractivity contribution in [3.8, 4) is 11.4 Å². The van der Waals surface area contributed by atoms with Gasteiger partial charge in [0.2, 0.25) is 0 Å². The molecular weight excluding hydrogens is 584 g/mol.